The highest BCUT2D eigenvalue weighted by Crippen LogP contribution is 2.71. The SMILES string of the molecule is COC(=O)C1=C(C(=O)OC)SC2(S1)C(C(=O)OC)=C(C(=O)OC)SC1=C2c2cc(C)ccc2N(C(=O)Cc2cccs2)C1(C)C. The molecule has 10 nitrogen and oxygen atoms in total. The van der Waals surface area contributed by atoms with E-state index in [1.165, 1.54) is 39.8 Å². The minimum Gasteiger partial charge on any atom is -0.466 e. The van der Waals surface area contributed by atoms with Crippen molar-refractivity contribution in [3.8, 4) is 0 Å². The van der Waals surface area contributed by atoms with Gasteiger partial charge in [0.15, 0.2) is 0 Å². The summed E-state index contributed by atoms with van der Waals surface area (Å²) in [6.45, 7) is 5.61. The van der Waals surface area contributed by atoms with Crippen LogP contribution in [0.1, 0.15) is 29.9 Å². The lowest BCUT2D eigenvalue weighted by Crippen LogP contribution is -2.54. The molecule has 0 atom stereocenters. The first-order valence-electron chi connectivity index (χ1n) is 13.5. The second kappa shape index (κ2) is 12.4. The Kier molecular flexibility index (Phi) is 9.06. The number of hydrogen-bond donors (Lipinski definition) is 0. The van der Waals surface area contributed by atoms with Crippen LogP contribution in [0.4, 0.5) is 5.69 Å². The zero-order chi connectivity index (χ0) is 32.8. The van der Waals surface area contributed by atoms with E-state index in [1.54, 1.807) is 4.90 Å². The molecule has 0 unspecified atom stereocenters. The van der Waals surface area contributed by atoms with Crippen molar-refractivity contribution in [1.29, 1.82) is 0 Å². The predicted molar refractivity (Wildman–Crippen MR) is 175 cm³/mol. The first kappa shape index (κ1) is 32.9. The summed E-state index contributed by atoms with van der Waals surface area (Å²) in [5.41, 5.74) is 1.37. The van der Waals surface area contributed by atoms with E-state index < -0.39 is 33.5 Å². The van der Waals surface area contributed by atoms with Gasteiger partial charge in [-0.25, -0.2) is 19.2 Å². The van der Waals surface area contributed by atoms with Gasteiger partial charge in [-0.15, -0.1) is 11.3 Å². The van der Waals surface area contributed by atoms with Crippen molar-refractivity contribution >= 4 is 87.7 Å². The summed E-state index contributed by atoms with van der Waals surface area (Å²) >= 11 is 4.29. The molecule has 0 saturated carbocycles. The number of carbonyl (C=O) groups is 5. The predicted octanol–water partition coefficient (Wildman–Crippen LogP) is 5.22. The van der Waals surface area contributed by atoms with Crippen LogP contribution in [-0.2, 0) is 49.3 Å². The van der Waals surface area contributed by atoms with E-state index in [0.29, 0.717) is 21.7 Å². The molecule has 14 heteroatoms. The Labute approximate surface area is 276 Å². The summed E-state index contributed by atoms with van der Waals surface area (Å²) in [6.07, 6.45) is 0.143. The third kappa shape index (κ3) is 5.30. The first-order chi connectivity index (χ1) is 21.4. The van der Waals surface area contributed by atoms with Gasteiger partial charge in [0, 0.05) is 20.9 Å². The minimum absolute atomic E-state index is 0.0896. The standard InChI is InChI=1S/C31H29NO9S4/c1-15-10-11-18-17(13-15)20-25(30(2,3)32(18)19(33)14-16-9-8-12-42-16)43-22(27(35)39-5)21(26(34)38-4)31(20)44-23(28(36)40-6)24(45-31)29(37)41-7/h8-13H,14H2,1-7H3. The first-order valence-corrected chi connectivity index (χ1v) is 16.8. The maximum Gasteiger partial charge on any atom is 0.345 e. The molecule has 3 aliphatic rings. The van der Waals surface area contributed by atoms with Crippen LogP contribution in [0.2, 0.25) is 0 Å². The van der Waals surface area contributed by atoms with Crippen molar-refractivity contribution < 1.29 is 42.9 Å². The number of rotatable bonds is 6. The van der Waals surface area contributed by atoms with Gasteiger partial charge >= 0.3 is 23.9 Å². The molecular formula is C31H29NO9S4. The number of fused-ring (bicyclic) bond motifs is 3. The summed E-state index contributed by atoms with van der Waals surface area (Å²) in [5.74, 6) is -3.48. The molecule has 0 N–H and O–H groups in total. The second-order valence-corrected chi connectivity index (χ2v) is 15.3. The summed E-state index contributed by atoms with van der Waals surface area (Å²) < 4.78 is 18.8. The normalized spacial score (nSPS) is 18.0. The molecular weight excluding hydrogens is 659 g/mol. The Morgan fingerprint density at radius 1 is 0.800 bits per heavy atom. The van der Waals surface area contributed by atoms with Crippen LogP contribution in [0.5, 0.6) is 0 Å². The smallest absolute Gasteiger partial charge is 0.345 e. The fourth-order valence-electron chi connectivity index (χ4n) is 5.52. The van der Waals surface area contributed by atoms with Gasteiger partial charge in [-0.05, 0) is 44.4 Å². The van der Waals surface area contributed by atoms with Crippen molar-refractivity contribution in [3.05, 3.63) is 76.9 Å². The molecule has 1 aromatic carbocycles. The molecule has 4 heterocycles. The lowest BCUT2D eigenvalue weighted by Gasteiger charge is -2.50. The number of thiophene rings is 1. The molecule has 1 amide bonds. The van der Waals surface area contributed by atoms with Crippen LogP contribution < -0.4 is 4.90 Å². The number of ether oxygens (including phenoxy) is 4. The van der Waals surface area contributed by atoms with Gasteiger partial charge in [0.05, 0.1) is 51.7 Å². The molecule has 3 aliphatic heterocycles. The summed E-state index contributed by atoms with van der Waals surface area (Å²) in [5, 5.41) is 1.91. The Morgan fingerprint density at radius 2 is 1.38 bits per heavy atom. The van der Waals surface area contributed by atoms with E-state index in [9.17, 15) is 24.0 Å². The highest BCUT2D eigenvalue weighted by atomic mass is 32.2. The number of esters is 4. The maximum absolute atomic E-state index is 14.1. The van der Waals surface area contributed by atoms with E-state index in [2.05, 4.69) is 0 Å². The fourth-order valence-corrected chi connectivity index (χ4v) is 11.3. The van der Waals surface area contributed by atoms with E-state index in [0.717, 1.165) is 45.7 Å². The zero-order valence-corrected chi connectivity index (χ0v) is 28.7. The minimum atomic E-state index is -1.62. The fraction of sp³-hybridized carbons (Fsp3) is 0.323. The van der Waals surface area contributed by atoms with Gasteiger partial charge in [-0.3, -0.25) is 4.79 Å². The maximum atomic E-state index is 14.1. The topological polar surface area (TPSA) is 126 Å². The van der Waals surface area contributed by atoms with E-state index in [-0.39, 0.29) is 32.6 Å². The Hall–Kier alpha value is -3.46. The monoisotopic (exact) mass is 687 g/mol. The summed E-state index contributed by atoms with van der Waals surface area (Å²) in [4.78, 5) is 70.5. The molecule has 0 aliphatic carbocycles. The van der Waals surface area contributed by atoms with Crippen molar-refractivity contribution in [2.75, 3.05) is 33.3 Å². The third-order valence-electron chi connectivity index (χ3n) is 7.45. The van der Waals surface area contributed by atoms with Gasteiger partial charge in [-0.2, -0.15) is 0 Å². The molecule has 1 spiro atoms. The zero-order valence-electron chi connectivity index (χ0n) is 25.4. The van der Waals surface area contributed by atoms with Crippen LogP contribution >= 0.6 is 46.6 Å². The molecule has 0 saturated heterocycles. The van der Waals surface area contributed by atoms with Gasteiger partial charge in [0.2, 0.25) is 5.91 Å². The molecule has 45 heavy (non-hydrogen) atoms. The van der Waals surface area contributed by atoms with E-state index in [4.69, 9.17) is 18.9 Å². The van der Waals surface area contributed by atoms with Crippen molar-refractivity contribution in [3.63, 3.8) is 0 Å². The number of aryl methyl sites for hydroxylation is 1. The summed E-state index contributed by atoms with van der Waals surface area (Å²) in [6, 6.07) is 9.40. The Balaban J connectivity index is 1.86. The average molecular weight is 688 g/mol. The molecule has 0 fully saturated rings. The van der Waals surface area contributed by atoms with Crippen LogP contribution in [0.25, 0.3) is 5.57 Å². The van der Waals surface area contributed by atoms with Crippen LogP contribution in [-0.4, -0.2) is 67.8 Å². The lowest BCUT2D eigenvalue weighted by atomic mass is 9.82. The number of thioether (sulfide) groups is 3. The van der Waals surface area contributed by atoms with Gasteiger partial charge in [0.25, 0.3) is 0 Å². The molecule has 2 aromatic rings. The number of anilines is 1. The van der Waals surface area contributed by atoms with Gasteiger partial charge in [-0.1, -0.05) is 53.0 Å². The number of hydrogen-bond acceptors (Lipinski definition) is 13. The molecule has 0 radical (unpaired) electrons. The Bertz CT molecular complexity index is 1710. The number of benzene rings is 1. The Morgan fingerprint density at radius 3 is 1.91 bits per heavy atom. The molecule has 5 rings (SSSR count). The van der Waals surface area contributed by atoms with Crippen LogP contribution in [0, 0.1) is 6.92 Å². The largest absolute Gasteiger partial charge is 0.466 e. The molecule has 236 valence electrons. The molecule has 1 aromatic heterocycles. The number of amides is 1. The average Bonchev–Trinajstić information content (AvgIpc) is 3.68. The van der Waals surface area contributed by atoms with Gasteiger partial charge < -0.3 is 23.8 Å². The number of carbonyl (C=O) groups excluding carboxylic acids is 5. The third-order valence-corrected chi connectivity index (χ3v) is 13.0. The highest BCUT2D eigenvalue weighted by Gasteiger charge is 2.61. The quantitative estimate of drug-likeness (QED) is 0.292. The highest BCUT2D eigenvalue weighted by molar-refractivity contribution is 8.26. The van der Waals surface area contributed by atoms with Crippen LogP contribution in [0.3, 0.4) is 0 Å². The lowest BCUT2D eigenvalue weighted by molar-refractivity contribution is -0.138. The van der Waals surface area contributed by atoms with Gasteiger partial charge in [0.1, 0.15) is 18.8 Å². The van der Waals surface area contributed by atoms with Crippen LogP contribution in [0.15, 0.2) is 60.9 Å². The van der Waals surface area contributed by atoms with E-state index in [1.807, 2.05) is 56.5 Å². The number of nitrogens with zero attached hydrogens (tertiary/aromatic N) is 1. The summed E-state index contributed by atoms with van der Waals surface area (Å²) in [7, 11) is 4.73. The second-order valence-electron chi connectivity index (χ2n) is 10.5. The van der Waals surface area contributed by atoms with E-state index >= 15 is 0 Å². The van der Waals surface area contributed by atoms with Crippen molar-refractivity contribution in [2.24, 2.45) is 0 Å². The molecule has 0 bridgehead atoms. The van der Waals surface area contributed by atoms with Crippen molar-refractivity contribution in [1.82, 2.24) is 0 Å². The number of methoxy groups -OCH3 is 4. The van der Waals surface area contributed by atoms with Crippen molar-refractivity contribution in [2.45, 2.75) is 36.8 Å².